The second-order valence-corrected chi connectivity index (χ2v) is 3.98. The van der Waals surface area contributed by atoms with Crippen molar-refractivity contribution in [2.24, 2.45) is 5.41 Å². The van der Waals surface area contributed by atoms with E-state index in [1.54, 1.807) is 0 Å². The molecule has 0 radical (unpaired) electrons. The minimum atomic E-state index is -0.221. The molecule has 1 aliphatic rings. The highest BCUT2D eigenvalue weighted by Gasteiger charge is 2.35. The highest BCUT2D eigenvalue weighted by Crippen LogP contribution is 2.42. The van der Waals surface area contributed by atoms with Crippen LogP contribution in [0.2, 0.25) is 0 Å². The molecule has 2 nitrogen and oxygen atoms in total. The van der Waals surface area contributed by atoms with Crippen LogP contribution in [0.1, 0.15) is 27.7 Å². The molecule has 0 saturated carbocycles. The first-order chi connectivity index (χ1) is 5.91. The van der Waals surface area contributed by atoms with Gasteiger partial charge >= 0.3 is 5.97 Å². The first-order valence-electron chi connectivity index (χ1n) is 4.39. The highest BCUT2D eigenvalue weighted by atomic mass is 16.5. The molecule has 0 aromatic carbocycles. The van der Waals surface area contributed by atoms with E-state index in [-0.39, 0.29) is 11.4 Å². The summed E-state index contributed by atoms with van der Waals surface area (Å²) in [5.41, 5.74) is 3.00. The number of ether oxygens (including phenoxy) is 1. The van der Waals surface area contributed by atoms with Crippen LogP contribution in [0, 0.1) is 5.41 Å². The summed E-state index contributed by atoms with van der Waals surface area (Å²) >= 11 is 0. The van der Waals surface area contributed by atoms with Gasteiger partial charge in [-0.2, -0.15) is 0 Å². The fourth-order valence-electron chi connectivity index (χ4n) is 1.62. The Labute approximate surface area is 79.3 Å². The third kappa shape index (κ3) is 1.41. The fraction of sp³-hybridized carbons (Fsp3) is 0.545. The largest absolute Gasteiger partial charge is 0.466 e. The van der Waals surface area contributed by atoms with Gasteiger partial charge in [0.2, 0.25) is 0 Å². The summed E-state index contributed by atoms with van der Waals surface area (Å²) in [6.45, 7) is 8.16. The van der Waals surface area contributed by atoms with Crippen LogP contribution in [0.4, 0.5) is 0 Å². The van der Waals surface area contributed by atoms with Gasteiger partial charge in [0, 0.05) is 11.0 Å². The molecule has 0 aromatic rings. The Bertz CT molecular complexity index is 306. The Morgan fingerprint density at radius 2 is 1.92 bits per heavy atom. The van der Waals surface area contributed by atoms with Crippen molar-refractivity contribution in [1.82, 2.24) is 0 Å². The van der Waals surface area contributed by atoms with Gasteiger partial charge in [-0.15, -0.1) is 0 Å². The fourth-order valence-corrected chi connectivity index (χ4v) is 1.62. The van der Waals surface area contributed by atoms with Crippen molar-refractivity contribution in [2.45, 2.75) is 27.7 Å². The minimum absolute atomic E-state index is 0.169. The molecule has 0 saturated heterocycles. The van der Waals surface area contributed by atoms with Crippen LogP contribution in [0.3, 0.4) is 0 Å². The van der Waals surface area contributed by atoms with Crippen molar-refractivity contribution in [1.29, 1.82) is 0 Å². The van der Waals surface area contributed by atoms with Gasteiger partial charge in [0.25, 0.3) is 0 Å². The van der Waals surface area contributed by atoms with Crippen LogP contribution in [-0.4, -0.2) is 13.1 Å². The molecular formula is C11H16O2. The van der Waals surface area contributed by atoms with Crippen LogP contribution < -0.4 is 0 Å². The third-order valence-electron chi connectivity index (χ3n) is 2.97. The molecule has 0 aromatic heterocycles. The monoisotopic (exact) mass is 180 g/mol. The molecule has 0 bridgehead atoms. The van der Waals surface area contributed by atoms with Gasteiger partial charge in [0.15, 0.2) is 0 Å². The molecule has 72 valence electrons. The van der Waals surface area contributed by atoms with E-state index in [1.165, 1.54) is 18.3 Å². The molecule has 0 N–H and O–H groups in total. The number of carbonyl (C=O) groups excluding carboxylic acids is 1. The van der Waals surface area contributed by atoms with E-state index in [0.717, 1.165) is 5.57 Å². The van der Waals surface area contributed by atoms with E-state index in [2.05, 4.69) is 6.92 Å². The van der Waals surface area contributed by atoms with Crippen LogP contribution in [0.25, 0.3) is 0 Å². The van der Waals surface area contributed by atoms with Crippen LogP contribution in [0.5, 0.6) is 0 Å². The van der Waals surface area contributed by atoms with Gasteiger partial charge in [0.05, 0.1) is 7.11 Å². The average Bonchev–Trinajstić information content (AvgIpc) is 2.28. The summed E-state index contributed by atoms with van der Waals surface area (Å²) in [4.78, 5) is 11.4. The van der Waals surface area contributed by atoms with Crippen molar-refractivity contribution < 1.29 is 9.53 Å². The zero-order valence-corrected chi connectivity index (χ0v) is 8.89. The zero-order chi connectivity index (χ0) is 10.2. The van der Waals surface area contributed by atoms with Gasteiger partial charge < -0.3 is 4.74 Å². The average molecular weight is 180 g/mol. The smallest absolute Gasteiger partial charge is 0.334 e. The predicted molar refractivity (Wildman–Crippen MR) is 52.3 cm³/mol. The Balaban J connectivity index is 3.08. The van der Waals surface area contributed by atoms with E-state index in [0.29, 0.717) is 0 Å². The van der Waals surface area contributed by atoms with Crippen molar-refractivity contribution >= 4 is 5.97 Å². The van der Waals surface area contributed by atoms with Gasteiger partial charge in [-0.3, -0.25) is 0 Å². The third-order valence-corrected chi connectivity index (χ3v) is 2.97. The van der Waals surface area contributed by atoms with Gasteiger partial charge in [-0.05, 0) is 19.9 Å². The first-order valence-corrected chi connectivity index (χ1v) is 4.39. The van der Waals surface area contributed by atoms with Crippen molar-refractivity contribution in [2.75, 3.05) is 7.11 Å². The number of methoxy groups -OCH3 is 1. The Morgan fingerprint density at radius 1 is 1.38 bits per heavy atom. The molecule has 0 amide bonds. The Morgan fingerprint density at radius 3 is 2.23 bits per heavy atom. The molecular weight excluding hydrogens is 164 g/mol. The summed E-state index contributed by atoms with van der Waals surface area (Å²) < 4.78 is 4.73. The molecule has 2 heteroatoms. The maximum atomic E-state index is 11.4. The molecule has 0 fully saturated rings. The summed E-state index contributed by atoms with van der Waals surface area (Å²) in [6, 6.07) is 0. The maximum Gasteiger partial charge on any atom is 0.334 e. The zero-order valence-electron chi connectivity index (χ0n) is 8.89. The molecule has 0 unspecified atom stereocenters. The highest BCUT2D eigenvalue weighted by molar-refractivity contribution is 5.92. The molecule has 0 aliphatic heterocycles. The van der Waals surface area contributed by atoms with Crippen LogP contribution in [0.15, 0.2) is 22.8 Å². The number of carbonyl (C=O) groups is 1. The summed E-state index contributed by atoms with van der Waals surface area (Å²) in [5.74, 6) is -0.221. The van der Waals surface area contributed by atoms with Crippen LogP contribution in [-0.2, 0) is 9.53 Å². The predicted octanol–water partition coefficient (Wildman–Crippen LogP) is 2.46. The van der Waals surface area contributed by atoms with E-state index in [4.69, 9.17) is 4.74 Å². The van der Waals surface area contributed by atoms with E-state index in [9.17, 15) is 4.79 Å². The molecule has 0 spiro atoms. The van der Waals surface area contributed by atoms with Crippen LogP contribution >= 0.6 is 0 Å². The molecule has 1 aliphatic carbocycles. The SMILES string of the molecule is COC(=O)C1=CC(C)=C(C)C1(C)C. The molecule has 0 atom stereocenters. The van der Waals surface area contributed by atoms with E-state index >= 15 is 0 Å². The Kier molecular flexibility index (Phi) is 2.33. The van der Waals surface area contributed by atoms with Gasteiger partial charge in [-0.25, -0.2) is 4.79 Å². The lowest BCUT2D eigenvalue weighted by Gasteiger charge is -2.23. The summed E-state index contributed by atoms with van der Waals surface area (Å²) in [7, 11) is 1.42. The molecule has 13 heavy (non-hydrogen) atoms. The van der Waals surface area contributed by atoms with Crippen molar-refractivity contribution in [3.05, 3.63) is 22.8 Å². The van der Waals surface area contributed by atoms with Gasteiger partial charge in [0.1, 0.15) is 0 Å². The lowest BCUT2D eigenvalue weighted by Crippen LogP contribution is -2.20. The second-order valence-electron chi connectivity index (χ2n) is 3.98. The van der Waals surface area contributed by atoms with E-state index in [1.807, 2.05) is 26.8 Å². The van der Waals surface area contributed by atoms with Gasteiger partial charge in [-0.1, -0.05) is 25.0 Å². The molecule has 1 rings (SSSR count). The quantitative estimate of drug-likeness (QED) is 0.579. The minimum Gasteiger partial charge on any atom is -0.466 e. The standard InChI is InChI=1S/C11H16O2/c1-7-6-9(10(12)13-5)11(3,4)8(7)2/h6H,1-5H3. The first kappa shape index (κ1) is 10.0. The maximum absolute atomic E-state index is 11.4. The Hall–Kier alpha value is -1.05. The number of allylic oxidation sites excluding steroid dienone is 3. The molecule has 0 heterocycles. The van der Waals surface area contributed by atoms with E-state index < -0.39 is 0 Å². The number of hydrogen-bond acceptors (Lipinski definition) is 2. The van der Waals surface area contributed by atoms with Crippen molar-refractivity contribution in [3.63, 3.8) is 0 Å². The summed E-state index contributed by atoms with van der Waals surface area (Å²) in [6.07, 6.45) is 1.92. The lowest BCUT2D eigenvalue weighted by molar-refractivity contribution is -0.137. The van der Waals surface area contributed by atoms with Crippen molar-refractivity contribution in [3.8, 4) is 0 Å². The number of esters is 1. The number of hydrogen-bond donors (Lipinski definition) is 0. The second kappa shape index (κ2) is 3.02. The topological polar surface area (TPSA) is 26.3 Å². The number of rotatable bonds is 1. The normalized spacial score (nSPS) is 20.2. The lowest BCUT2D eigenvalue weighted by atomic mass is 9.81. The summed E-state index contributed by atoms with van der Waals surface area (Å²) in [5, 5.41) is 0.